The molecule has 0 fully saturated rings. The second-order valence-corrected chi connectivity index (χ2v) is 5.11. The first-order chi connectivity index (χ1) is 6.01. The molecule has 0 aliphatic rings. The lowest BCUT2D eigenvalue weighted by molar-refractivity contribution is 0.608. The molecule has 0 atom stereocenters. The molecule has 0 spiro atoms. The zero-order valence-corrected chi connectivity index (χ0v) is 8.01. The summed E-state index contributed by atoms with van der Waals surface area (Å²) < 4.78 is 21.3. The number of rotatable bonds is 2. The van der Waals surface area contributed by atoms with Gasteiger partial charge in [0.2, 0.25) is 9.05 Å². The van der Waals surface area contributed by atoms with Crippen LogP contribution in [0.2, 0.25) is 0 Å². The van der Waals surface area contributed by atoms with E-state index in [-0.39, 0.29) is 11.4 Å². The van der Waals surface area contributed by atoms with E-state index in [4.69, 9.17) is 15.9 Å². The first-order valence-electron chi connectivity index (χ1n) is 3.28. The smallest absolute Gasteiger partial charge is 0.238 e. The van der Waals surface area contributed by atoms with Gasteiger partial charge in [-0.15, -0.1) is 0 Å². The van der Waals surface area contributed by atoms with Crippen molar-refractivity contribution in [2.75, 3.05) is 0 Å². The molecular weight excluding hydrogens is 212 g/mol. The molecule has 0 bridgehead atoms. The van der Waals surface area contributed by atoms with Crippen molar-refractivity contribution in [2.24, 2.45) is 0 Å². The zero-order chi connectivity index (χ0) is 9.90. The van der Waals surface area contributed by atoms with E-state index in [2.05, 4.69) is 4.98 Å². The van der Waals surface area contributed by atoms with Gasteiger partial charge < -0.3 is 0 Å². The summed E-state index contributed by atoms with van der Waals surface area (Å²) in [6, 6.07) is 4.75. The summed E-state index contributed by atoms with van der Waals surface area (Å²) >= 11 is 0. The average Bonchev–Trinajstić information content (AvgIpc) is 2.01. The molecule has 0 saturated heterocycles. The summed E-state index contributed by atoms with van der Waals surface area (Å²) in [5, 5.41) is 8.50. The molecule has 1 aromatic rings. The van der Waals surface area contributed by atoms with Crippen LogP contribution in [0.3, 0.4) is 0 Å². The van der Waals surface area contributed by atoms with Gasteiger partial charge in [0.05, 0.1) is 17.3 Å². The van der Waals surface area contributed by atoms with Crippen molar-refractivity contribution in [1.29, 1.82) is 5.26 Å². The fourth-order valence-corrected chi connectivity index (χ4v) is 1.65. The van der Waals surface area contributed by atoms with Crippen molar-refractivity contribution in [3.63, 3.8) is 0 Å². The van der Waals surface area contributed by atoms with Gasteiger partial charge in [0.15, 0.2) is 0 Å². The Bertz CT molecular complexity index is 450. The number of nitrogens with zero attached hydrogens (tertiary/aromatic N) is 2. The zero-order valence-electron chi connectivity index (χ0n) is 6.44. The standard InChI is InChI=1S/C7H5ClN2O2S/c8-13(11,12)5-7-3-6(4-9)1-2-10-7/h1-3H,5H2. The van der Waals surface area contributed by atoms with Gasteiger partial charge in [-0.3, -0.25) is 4.98 Å². The predicted molar refractivity (Wildman–Crippen MR) is 47.4 cm³/mol. The largest absolute Gasteiger partial charge is 0.260 e. The molecule has 0 N–H and O–H groups in total. The van der Waals surface area contributed by atoms with E-state index in [0.717, 1.165) is 0 Å². The highest BCUT2D eigenvalue weighted by Gasteiger charge is 2.08. The summed E-state index contributed by atoms with van der Waals surface area (Å²) in [6.07, 6.45) is 1.37. The van der Waals surface area contributed by atoms with Crippen LogP contribution in [0.15, 0.2) is 18.3 Å². The second kappa shape index (κ2) is 3.73. The Hall–Kier alpha value is -1.12. The fourth-order valence-electron chi connectivity index (χ4n) is 0.803. The van der Waals surface area contributed by atoms with Crippen molar-refractivity contribution in [1.82, 2.24) is 4.98 Å². The van der Waals surface area contributed by atoms with Crippen LogP contribution in [-0.2, 0) is 14.8 Å². The third-order valence-electron chi connectivity index (χ3n) is 1.27. The normalized spacial score (nSPS) is 10.8. The summed E-state index contributed by atoms with van der Waals surface area (Å²) in [4.78, 5) is 3.76. The van der Waals surface area contributed by atoms with E-state index >= 15 is 0 Å². The summed E-state index contributed by atoms with van der Waals surface area (Å²) in [6.45, 7) is 0. The van der Waals surface area contributed by atoms with Crippen molar-refractivity contribution in [3.05, 3.63) is 29.6 Å². The van der Waals surface area contributed by atoms with Crippen LogP contribution in [0.4, 0.5) is 0 Å². The molecule has 0 aliphatic heterocycles. The van der Waals surface area contributed by atoms with Crippen molar-refractivity contribution >= 4 is 19.7 Å². The third kappa shape index (κ3) is 3.40. The highest BCUT2D eigenvalue weighted by atomic mass is 35.7. The van der Waals surface area contributed by atoms with Crippen LogP contribution < -0.4 is 0 Å². The first-order valence-corrected chi connectivity index (χ1v) is 5.76. The van der Waals surface area contributed by atoms with Gasteiger partial charge in [-0.05, 0) is 12.1 Å². The maximum absolute atomic E-state index is 10.6. The van der Waals surface area contributed by atoms with Gasteiger partial charge in [0.1, 0.15) is 5.75 Å². The highest BCUT2D eigenvalue weighted by Crippen LogP contribution is 2.08. The molecule has 1 heterocycles. The molecule has 0 amide bonds. The lowest BCUT2D eigenvalue weighted by Gasteiger charge is -1.96. The monoisotopic (exact) mass is 216 g/mol. The number of halogens is 1. The second-order valence-electron chi connectivity index (χ2n) is 2.33. The first kappa shape index (κ1) is 9.96. The molecule has 0 saturated carbocycles. The number of nitriles is 1. The molecule has 1 rings (SSSR count). The molecular formula is C7H5ClN2O2S. The number of aromatic nitrogens is 1. The van der Waals surface area contributed by atoms with Crippen LogP contribution in [0.5, 0.6) is 0 Å². The van der Waals surface area contributed by atoms with Gasteiger partial charge >= 0.3 is 0 Å². The van der Waals surface area contributed by atoms with Gasteiger partial charge in [-0.25, -0.2) is 8.42 Å². The summed E-state index contributed by atoms with van der Waals surface area (Å²) in [5.74, 6) is -0.357. The maximum atomic E-state index is 10.6. The van der Waals surface area contributed by atoms with Gasteiger partial charge in [0.25, 0.3) is 0 Å². The quantitative estimate of drug-likeness (QED) is 0.692. The molecule has 0 unspecified atom stereocenters. The van der Waals surface area contributed by atoms with Crippen molar-refractivity contribution in [2.45, 2.75) is 5.75 Å². The minimum absolute atomic E-state index is 0.272. The van der Waals surface area contributed by atoms with E-state index in [9.17, 15) is 8.42 Å². The molecule has 13 heavy (non-hydrogen) atoms. The number of hydrogen-bond acceptors (Lipinski definition) is 4. The fraction of sp³-hybridized carbons (Fsp3) is 0.143. The van der Waals surface area contributed by atoms with Gasteiger partial charge in [-0.1, -0.05) is 0 Å². The van der Waals surface area contributed by atoms with E-state index in [0.29, 0.717) is 5.56 Å². The maximum Gasteiger partial charge on any atom is 0.238 e. The van der Waals surface area contributed by atoms with Crippen LogP contribution in [0.1, 0.15) is 11.3 Å². The Kier molecular flexibility index (Phi) is 2.86. The third-order valence-corrected chi connectivity index (χ3v) is 2.23. The molecule has 6 heteroatoms. The Labute approximate surface area is 80.2 Å². The molecule has 0 aromatic carbocycles. The van der Waals surface area contributed by atoms with Gasteiger partial charge in [-0.2, -0.15) is 5.26 Å². The highest BCUT2D eigenvalue weighted by molar-refractivity contribution is 8.13. The molecule has 1 aromatic heterocycles. The Morgan fingerprint density at radius 2 is 2.31 bits per heavy atom. The topological polar surface area (TPSA) is 70.8 Å². The van der Waals surface area contributed by atoms with Crippen LogP contribution >= 0.6 is 10.7 Å². The molecule has 68 valence electrons. The minimum atomic E-state index is -3.60. The SMILES string of the molecule is N#Cc1ccnc(CS(=O)(=O)Cl)c1. The van der Waals surface area contributed by atoms with E-state index in [1.807, 2.05) is 6.07 Å². The van der Waals surface area contributed by atoms with Crippen molar-refractivity contribution < 1.29 is 8.42 Å². The Morgan fingerprint density at radius 1 is 1.62 bits per heavy atom. The number of pyridine rings is 1. The predicted octanol–water partition coefficient (Wildman–Crippen LogP) is 1.02. The molecule has 0 radical (unpaired) electrons. The van der Waals surface area contributed by atoms with Crippen LogP contribution in [-0.4, -0.2) is 13.4 Å². The lowest BCUT2D eigenvalue weighted by atomic mass is 10.2. The van der Waals surface area contributed by atoms with Gasteiger partial charge in [0, 0.05) is 16.9 Å². The average molecular weight is 217 g/mol. The Balaban J connectivity index is 2.99. The molecule has 0 aliphatic carbocycles. The van der Waals surface area contributed by atoms with Crippen LogP contribution in [0.25, 0.3) is 0 Å². The van der Waals surface area contributed by atoms with Crippen LogP contribution in [0, 0.1) is 11.3 Å². The van der Waals surface area contributed by atoms with E-state index < -0.39 is 9.05 Å². The minimum Gasteiger partial charge on any atom is -0.260 e. The van der Waals surface area contributed by atoms with Crippen molar-refractivity contribution in [3.8, 4) is 6.07 Å². The van der Waals surface area contributed by atoms with E-state index in [1.54, 1.807) is 0 Å². The Morgan fingerprint density at radius 3 is 2.85 bits per heavy atom. The summed E-state index contributed by atoms with van der Waals surface area (Å²) in [7, 11) is 1.41. The lowest BCUT2D eigenvalue weighted by Crippen LogP contribution is -1.97. The van der Waals surface area contributed by atoms with E-state index in [1.165, 1.54) is 18.3 Å². The summed E-state index contributed by atoms with van der Waals surface area (Å²) in [5.41, 5.74) is 0.638. The number of hydrogen-bond donors (Lipinski definition) is 0. The molecule has 4 nitrogen and oxygen atoms in total.